The Morgan fingerprint density at radius 3 is 2.11 bits per heavy atom. The number of hydrogen-bond donors (Lipinski definition) is 0. The number of halogens is 6. The highest BCUT2D eigenvalue weighted by Gasteiger charge is 2.31. The number of allylic oxidation sites excluding steroid dienone is 1. The van der Waals surface area contributed by atoms with Gasteiger partial charge in [0.15, 0.2) is 5.78 Å². The number of nitrogens with zero attached hydrogens (tertiary/aromatic N) is 1. The lowest BCUT2D eigenvalue weighted by atomic mass is 10.0. The van der Waals surface area contributed by atoms with E-state index in [-0.39, 0.29) is 22.5 Å². The molecule has 2 aromatic rings. The van der Waals surface area contributed by atoms with Crippen LogP contribution in [-0.4, -0.2) is 12.3 Å². The van der Waals surface area contributed by atoms with E-state index in [9.17, 15) is 4.79 Å². The molecule has 0 atom stereocenters. The standard InChI is InChI=1S/C19H13Cl6NOS/c1-2-26-14-5-3-4-6-16(14)28-17(26)10-15(27)11-7-12(18(20,21)22)9-13(8-11)19(23,24)25/h3-10H,2H2,1H3. The second kappa shape index (κ2) is 8.47. The third-order valence-electron chi connectivity index (χ3n) is 4.08. The molecule has 148 valence electrons. The van der Waals surface area contributed by atoms with E-state index in [1.165, 1.54) is 30.0 Å². The Bertz CT molecular complexity index is 916. The summed E-state index contributed by atoms with van der Waals surface area (Å²) in [5.41, 5.74) is 1.83. The number of benzene rings is 2. The number of carbonyl (C=O) groups excluding carboxylic acids is 1. The fraction of sp³-hybridized carbons (Fsp3) is 0.211. The molecule has 1 aliphatic heterocycles. The lowest BCUT2D eigenvalue weighted by Gasteiger charge is -2.19. The fourth-order valence-corrected chi connectivity index (χ4v) is 4.59. The predicted octanol–water partition coefficient (Wildman–Crippen LogP) is 8.00. The van der Waals surface area contributed by atoms with E-state index in [0.29, 0.717) is 0 Å². The molecular formula is C19H13Cl6NOS. The molecule has 9 heteroatoms. The van der Waals surface area contributed by atoms with Crippen molar-refractivity contribution in [3.63, 3.8) is 0 Å². The van der Waals surface area contributed by atoms with Gasteiger partial charge in [-0.3, -0.25) is 4.79 Å². The smallest absolute Gasteiger partial charge is 0.216 e. The average molecular weight is 516 g/mol. The topological polar surface area (TPSA) is 20.3 Å². The molecule has 3 rings (SSSR count). The summed E-state index contributed by atoms with van der Waals surface area (Å²) < 4.78 is -3.52. The zero-order chi connectivity index (χ0) is 20.7. The molecule has 0 unspecified atom stereocenters. The van der Waals surface area contributed by atoms with Crippen molar-refractivity contribution in [3.8, 4) is 0 Å². The van der Waals surface area contributed by atoms with Gasteiger partial charge in [-0.25, -0.2) is 0 Å². The maximum Gasteiger partial charge on any atom is 0.216 e. The number of ketones is 1. The first kappa shape index (κ1) is 22.4. The van der Waals surface area contributed by atoms with E-state index >= 15 is 0 Å². The van der Waals surface area contributed by atoms with Crippen LogP contribution in [0.15, 0.2) is 58.5 Å². The second-order valence-electron chi connectivity index (χ2n) is 5.96. The number of rotatable bonds is 3. The summed E-state index contributed by atoms with van der Waals surface area (Å²) in [6.45, 7) is 2.74. The summed E-state index contributed by atoms with van der Waals surface area (Å²) in [6, 6.07) is 12.4. The van der Waals surface area contributed by atoms with Gasteiger partial charge in [-0.15, -0.1) is 0 Å². The maximum atomic E-state index is 13.0. The monoisotopic (exact) mass is 513 g/mol. The summed E-state index contributed by atoms with van der Waals surface area (Å²) in [7, 11) is 0. The molecule has 2 nitrogen and oxygen atoms in total. The van der Waals surface area contributed by atoms with Crippen molar-refractivity contribution in [1.29, 1.82) is 0 Å². The average Bonchev–Trinajstić information content (AvgIpc) is 2.96. The first-order valence-electron chi connectivity index (χ1n) is 8.10. The molecule has 0 saturated carbocycles. The zero-order valence-electron chi connectivity index (χ0n) is 14.4. The number of fused-ring (bicyclic) bond motifs is 1. The normalized spacial score (nSPS) is 15.8. The Morgan fingerprint density at radius 1 is 1.00 bits per heavy atom. The lowest BCUT2D eigenvalue weighted by molar-refractivity contribution is 0.104. The van der Waals surface area contributed by atoms with Crippen LogP contribution in [0.1, 0.15) is 28.4 Å². The van der Waals surface area contributed by atoms with E-state index in [0.717, 1.165) is 22.2 Å². The largest absolute Gasteiger partial charge is 0.335 e. The van der Waals surface area contributed by atoms with Crippen molar-refractivity contribution in [2.45, 2.75) is 19.4 Å². The van der Waals surface area contributed by atoms with Gasteiger partial charge in [0, 0.05) is 34.2 Å². The van der Waals surface area contributed by atoms with Crippen LogP contribution in [0.25, 0.3) is 0 Å². The van der Waals surface area contributed by atoms with Gasteiger partial charge < -0.3 is 4.90 Å². The van der Waals surface area contributed by atoms with E-state index < -0.39 is 7.59 Å². The molecule has 0 radical (unpaired) electrons. The number of alkyl halides is 6. The summed E-state index contributed by atoms with van der Waals surface area (Å²) in [5.74, 6) is -0.277. The van der Waals surface area contributed by atoms with Crippen LogP contribution in [0.5, 0.6) is 0 Å². The first-order chi connectivity index (χ1) is 13.0. The first-order valence-corrected chi connectivity index (χ1v) is 11.2. The fourth-order valence-electron chi connectivity index (χ4n) is 2.78. The molecule has 0 spiro atoms. The minimum Gasteiger partial charge on any atom is -0.335 e. The van der Waals surface area contributed by atoms with Crippen molar-refractivity contribution in [3.05, 3.63) is 70.3 Å². The van der Waals surface area contributed by atoms with E-state index in [2.05, 4.69) is 4.90 Å². The number of thioether (sulfide) groups is 1. The van der Waals surface area contributed by atoms with Gasteiger partial charge in [0.2, 0.25) is 7.59 Å². The van der Waals surface area contributed by atoms with Crippen LogP contribution in [0.4, 0.5) is 5.69 Å². The van der Waals surface area contributed by atoms with Crippen LogP contribution < -0.4 is 4.90 Å². The molecule has 0 bridgehead atoms. The highest BCUT2D eigenvalue weighted by atomic mass is 35.6. The number of hydrogen-bond acceptors (Lipinski definition) is 3. The van der Waals surface area contributed by atoms with Gasteiger partial charge in [0.25, 0.3) is 0 Å². The maximum absolute atomic E-state index is 13.0. The third-order valence-corrected chi connectivity index (χ3v) is 6.50. The Hall–Kier alpha value is -0.260. The highest BCUT2D eigenvalue weighted by Crippen LogP contribution is 2.46. The number of para-hydroxylation sites is 1. The van der Waals surface area contributed by atoms with Gasteiger partial charge in [-0.1, -0.05) is 93.5 Å². The van der Waals surface area contributed by atoms with Gasteiger partial charge in [0.1, 0.15) is 0 Å². The summed E-state index contributed by atoms with van der Waals surface area (Å²) in [6.07, 6.45) is 1.55. The molecule has 1 aliphatic rings. The third kappa shape index (κ3) is 4.89. The Morgan fingerprint density at radius 2 is 1.57 bits per heavy atom. The second-order valence-corrected chi connectivity index (χ2v) is 11.6. The van der Waals surface area contributed by atoms with Gasteiger partial charge in [-0.2, -0.15) is 0 Å². The zero-order valence-corrected chi connectivity index (χ0v) is 19.7. The number of anilines is 1. The van der Waals surface area contributed by atoms with E-state index in [1.807, 2.05) is 31.2 Å². The molecule has 0 aliphatic carbocycles. The van der Waals surface area contributed by atoms with Crippen LogP contribution in [-0.2, 0) is 7.59 Å². The van der Waals surface area contributed by atoms with Crippen molar-refractivity contribution in [2.75, 3.05) is 11.4 Å². The Labute approximate surface area is 197 Å². The van der Waals surface area contributed by atoms with Gasteiger partial charge >= 0.3 is 0 Å². The Kier molecular flexibility index (Phi) is 6.78. The van der Waals surface area contributed by atoms with Gasteiger partial charge in [0.05, 0.1) is 10.7 Å². The minimum absolute atomic E-state index is 0.248. The Balaban J connectivity index is 2.02. The van der Waals surface area contributed by atoms with Crippen LogP contribution in [0, 0.1) is 0 Å². The molecule has 0 N–H and O–H groups in total. The van der Waals surface area contributed by atoms with Crippen molar-refractivity contribution < 1.29 is 4.79 Å². The van der Waals surface area contributed by atoms with Crippen molar-refractivity contribution in [2.24, 2.45) is 0 Å². The van der Waals surface area contributed by atoms with E-state index in [4.69, 9.17) is 69.6 Å². The summed E-state index contributed by atoms with van der Waals surface area (Å²) >= 11 is 37.5. The lowest BCUT2D eigenvalue weighted by Crippen LogP contribution is -2.17. The van der Waals surface area contributed by atoms with Crippen LogP contribution in [0.2, 0.25) is 0 Å². The summed E-state index contributed by atoms with van der Waals surface area (Å²) in [5, 5.41) is 0.809. The molecule has 1 heterocycles. The summed E-state index contributed by atoms with van der Waals surface area (Å²) in [4.78, 5) is 16.1. The highest BCUT2D eigenvalue weighted by molar-refractivity contribution is 8.03. The van der Waals surface area contributed by atoms with Gasteiger partial charge in [-0.05, 0) is 37.3 Å². The molecule has 0 aromatic heterocycles. The molecular weight excluding hydrogens is 503 g/mol. The minimum atomic E-state index is -1.76. The van der Waals surface area contributed by atoms with Crippen molar-refractivity contribution in [1.82, 2.24) is 0 Å². The molecule has 28 heavy (non-hydrogen) atoms. The van der Waals surface area contributed by atoms with Crippen LogP contribution >= 0.6 is 81.4 Å². The molecule has 2 aromatic carbocycles. The molecule has 0 amide bonds. The quantitative estimate of drug-likeness (QED) is 0.234. The SMILES string of the molecule is CCN1C(=CC(=O)c2cc(C(Cl)(Cl)Cl)cc(C(Cl)(Cl)Cl)c2)Sc2ccccc21. The van der Waals surface area contributed by atoms with Crippen molar-refractivity contribution >= 4 is 92.8 Å². The predicted molar refractivity (Wildman–Crippen MR) is 123 cm³/mol. The van der Waals surface area contributed by atoms with E-state index in [1.54, 1.807) is 6.08 Å². The molecule has 0 saturated heterocycles. The van der Waals surface area contributed by atoms with Crippen LogP contribution in [0.3, 0.4) is 0 Å². The molecule has 0 fully saturated rings. The number of carbonyl (C=O) groups is 1.